The van der Waals surface area contributed by atoms with E-state index in [0.29, 0.717) is 13.2 Å². The Labute approximate surface area is 141 Å². The minimum Gasteiger partial charge on any atom is -0.497 e. The molecule has 24 heavy (non-hydrogen) atoms. The van der Waals surface area contributed by atoms with Gasteiger partial charge in [0.05, 0.1) is 26.4 Å². The first kappa shape index (κ1) is 18.7. The number of methoxy groups -OCH3 is 1. The Bertz CT molecular complexity index is 530. The topological polar surface area (TPSA) is 86.3 Å². The van der Waals surface area contributed by atoms with Crippen molar-refractivity contribution in [1.82, 2.24) is 5.32 Å². The van der Waals surface area contributed by atoms with Gasteiger partial charge in [0.15, 0.2) is 5.79 Å². The predicted molar refractivity (Wildman–Crippen MR) is 86.6 cm³/mol. The predicted octanol–water partition coefficient (Wildman–Crippen LogP) is 0.840. The van der Waals surface area contributed by atoms with Crippen LogP contribution < -0.4 is 10.1 Å². The molecule has 1 aromatic carbocycles. The first-order chi connectivity index (χ1) is 11.4. The first-order valence-electron chi connectivity index (χ1n) is 7.87. The average molecular weight is 339 g/mol. The summed E-state index contributed by atoms with van der Waals surface area (Å²) in [6.07, 6.45) is -1.27. The average Bonchev–Trinajstić information content (AvgIpc) is 2.93. The van der Waals surface area contributed by atoms with E-state index in [2.05, 4.69) is 5.32 Å². The van der Waals surface area contributed by atoms with Crippen LogP contribution in [0.5, 0.6) is 5.75 Å². The van der Waals surface area contributed by atoms with E-state index in [-0.39, 0.29) is 19.1 Å². The highest BCUT2D eigenvalue weighted by molar-refractivity contribution is 5.77. The fraction of sp³-hybridized carbons (Fsp3) is 0.588. The molecule has 1 aromatic rings. The van der Waals surface area contributed by atoms with Gasteiger partial charge in [-0.15, -0.1) is 0 Å². The zero-order valence-electron chi connectivity index (χ0n) is 14.3. The Morgan fingerprint density at radius 1 is 1.42 bits per heavy atom. The number of aliphatic hydroxyl groups is 1. The largest absolute Gasteiger partial charge is 0.497 e. The lowest BCUT2D eigenvalue weighted by Gasteiger charge is -2.20. The first-order valence-corrected chi connectivity index (χ1v) is 7.87. The molecule has 1 aliphatic heterocycles. The lowest BCUT2D eigenvalue weighted by atomic mass is 10.2. The number of carbonyl (C=O) groups is 1. The molecule has 0 saturated carbocycles. The van der Waals surface area contributed by atoms with Crippen LogP contribution in [0.15, 0.2) is 24.3 Å². The van der Waals surface area contributed by atoms with E-state index in [4.69, 9.17) is 18.9 Å². The van der Waals surface area contributed by atoms with Crippen molar-refractivity contribution >= 4 is 5.91 Å². The molecule has 2 atom stereocenters. The van der Waals surface area contributed by atoms with Crippen LogP contribution in [0.25, 0.3) is 0 Å². The van der Waals surface area contributed by atoms with Gasteiger partial charge in [-0.3, -0.25) is 4.79 Å². The maximum absolute atomic E-state index is 11.7. The SMILES string of the molecule is COc1ccc(COCC(=O)NCC(O)[C@H]2COC(C)(C)O2)cc1. The summed E-state index contributed by atoms with van der Waals surface area (Å²) in [7, 11) is 1.61. The second kappa shape index (κ2) is 8.43. The van der Waals surface area contributed by atoms with Gasteiger partial charge in [0.1, 0.15) is 18.5 Å². The molecule has 1 fully saturated rings. The second-order valence-electron chi connectivity index (χ2n) is 6.08. The summed E-state index contributed by atoms with van der Waals surface area (Å²) in [6, 6.07) is 7.42. The van der Waals surface area contributed by atoms with E-state index >= 15 is 0 Å². The monoisotopic (exact) mass is 339 g/mol. The van der Waals surface area contributed by atoms with Gasteiger partial charge in [0, 0.05) is 6.54 Å². The van der Waals surface area contributed by atoms with Crippen molar-refractivity contribution in [3.05, 3.63) is 29.8 Å². The smallest absolute Gasteiger partial charge is 0.246 e. The molecule has 2 rings (SSSR count). The van der Waals surface area contributed by atoms with Crippen LogP contribution in [-0.4, -0.2) is 55.9 Å². The summed E-state index contributed by atoms with van der Waals surface area (Å²) in [6.45, 7) is 4.21. The van der Waals surface area contributed by atoms with Crippen LogP contribution in [0.1, 0.15) is 19.4 Å². The zero-order chi connectivity index (χ0) is 17.6. The second-order valence-corrected chi connectivity index (χ2v) is 6.08. The van der Waals surface area contributed by atoms with Gasteiger partial charge in [-0.05, 0) is 31.5 Å². The molecular formula is C17H25NO6. The number of amides is 1. The molecule has 0 spiro atoms. The summed E-state index contributed by atoms with van der Waals surface area (Å²) in [5.41, 5.74) is 0.947. The van der Waals surface area contributed by atoms with Crippen LogP contribution in [0, 0.1) is 0 Å². The number of ether oxygens (including phenoxy) is 4. The third-order valence-electron chi connectivity index (χ3n) is 3.63. The fourth-order valence-electron chi connectivity index (χ4n) is 2.29. The number of hydrogen-bond donors (Lipinski definition) is 2. The highest BCUT2D eigenvalue weighted by Gasteiger charge is 2.36. The summed E-state index contributed by atoms with van der Waals surface area (Å²) < 4.78 is 21.3. The molecule has 1 saturated heterocycles. The molecule has 0 aliphatic carbocycles. The summed E-state index contributed by atoms with van der Waals surface area (Å²) >= 11 is 0. The molecule has 1 amide bonds. The van der Waals surface area contributed by atoms with Gasteiger partial charge >= 0.3 is 0 Å². The van der Waals surface area contributed by atoms with Gasteiger partial charge in [0.2, 0.25) is 5.91 Å². The molecule has 1 aliphatic rings. The molecule has 7 nitrogen and oxygen atoms in total. The Morgan fingerprint density at radius 3 is 2.71 bits per heavy atom. The maximum atomic E-state index is 11.7. The summed E-state index contributed by atoms with van der Waals surface area (Å²) in [5, 5.41) is 12.6. The third-order valence-corrected chi connectivity index (χ3v) is 3.63. The molecule has 2 N–H and O–H groups in total. The van der Waals surface area contributed by atoms with Crippen molar-refractivity contribution in [1.29, 1.82) is 0 Å². The zero-order valence-corrected chi connectivity index (χ0v) is 14.3. The third kappa shape index (κ3) is 5.76. The van der Waals surface area contributed by atoms with E-state index in [0.717, 1.165) is 11.3 Å². The van der Waals surface area contributed by atoms with Crippen LogP contribution >= 0.6 is 0 Å². The van der Waals surface area contributed by atoms with E-state index in [1.54, 1.807) is 21.0 Å². The van der Waals surface area contributed by atoms with E-state index in [1.807, 2.05) is 24.3 Å². The van der Waals surface area contributed by atoms with Gasteiger partial charge in [-0.2, -0.15) is 0 Å². The number of carbonyl (C=O) groups excluding carboxylic acids is 1. The van der Waals surface area contributed by atoms with E-state index in [9.17, 15) is 9.90 Å². The van der Waals surface area contributed by atoms with Crippen LogP contribution in [0.3, 0.4) is 0 Å². The molecule has 0 radical (unpaired) electrons. The maximum Gasteiger partial charge on any atom is 0.246 e. The van der Waals surface area contributed by atoms with Crippen molar-refractivity contribution in [2.45, 2.75) is 38.4 Å². The standard InChI is InChI=1S/C17H25NO6/c1-17(2)23-10-15(24-17)14(19)8-18-16(20)11-22-9-12-4-6-13(21-3)7-5-12/h4-7,14-15,19H,8-11H2,1-3H3,(H,18,20)/t14?,15-/m1/s1. The lowest BCUT2D eigenvalue weighted by molar-refractivity contribution is -0.151. The normalized spacial score (nSPS) is 20.6. The van der Waals surface area contributed by atoms with Crippen molar-refractivity contribution in [2.24, 2.45) is 0 Å². The minimum atomic E-state index is -0.822. The Morgan fingerprint density at radius 2 is 2.12 bits per heavy atom. The fourth-order valence-corrected chi connectivity index (χ4v) is 2.29. The highest BCUT2D eigenvalue weighted by atomic mass is 16.7. The Hall–Kier alpha value is -1.67. The minimum absolute atomic E-state index is 0.0771. The Balaban J connectivity index is 1.62. The number of benzene rings is 1. The quantitative estimate of drug-likeness (QED) is 0.730. The van der Waals surface area contributed by atoms with Crippen LogP contribution in [0.4, 0.5) is 0 Å². The van der Waals surface area contributed by atoms with Gasteiger partial charge in [-0.1, -0.05) is 12.1 Å². The summed E-state index contributed by atoms with van der Waals surface area (Å²) in [5.74, 6) is -0.218. The molecule has 0 bridgehead atoms. The Kier molecular flexibility index (Phi) is 6.56. The number of nitrogens with one attached hydrogen (secondary N) is 1. The van der Waals surface area contributed by atoms with Crippen molar-refractivity contribution in [3.63, 3.8) is 0 Å². The lowest BCUT2D eigenvalue weighted by Crippen LogP contribution is -2.41. The highest BCUT2D eigenvalue weighted by Crippen LogP contribution is 2.23. The van der Waals surface area contributed by atoms with Crippen LogP contribution in [-0.2, 0) is 25.6 Å². The van der Waals surface area contributed by atoms with Gasteiger partial charge < -0.3 is 29.4 Å². The number of hydrogen-bond acceptors (Lipinski definition) is 6. The van der Waals surface area contributed by atoms with Crippen molar-refractivity contribution in [2.75, 3.05) is 26.9 Å². The van der Waals surface area contributed by atoms with Gasteiger partial charge in [0.25, 0.3) is 0 Å². The number of rotatable bonds is 8. The van der Waals surface area contributed by atoms with E-state index < -0.39 is 18.0 Å². The molecule has 134 valence electrons. The number of aliphatic hydroxyl groups excluding tert-OH is 1. The van der Waals surface area contributed by atoms with Gasteiger partial charge in [-0.25, -0.2) is 0 Å². The molecule has 1 heterocycles. The summed E-state index contributed by atoms with van der Waals surface area (Å²) in [4.78, 5) is 11.7. The van der Waals surface area contributed by atoms with Crippen molar-refractivity contribution in [3.8, 4) is 5.75 Å². The van der Waals surface area contributed by atoms with Crippen LogP contribution in [0.2, 0.25) is 0 Å². The van der Waals surface area contributed by atoms with E-state index in [1.165, 1.54) is 0 Å². The molecule has 7 heteroatoms. The molecule has 0 aromatic heterocycles. The molecular weight excluding hydrogens is 314 g/mol. The molecule has 1 unspecified atom stereocenters. The van der Waals surface area contributed by atoms with Crippen molar-refractivity contribution < 1.29 is 28.8 Å².